The quantitative estimate of drug-likeness (QED) is 0.510. The summed E-state index contributed by atoms with van der Waals surface area (Å²) in [5.41, 5.74) is -0.899. The van der Waals surface area contributed by atoms with Gasteiger partial charge in [0.2, 0.25) is 0 Å². The molecule has 0 heterocycles. The first-order valence-corrected chi connectivity index (χ1v) is 7.44. The highest BCUT2D eigenvalue weighted by Gasteiger charge is 2.58. The van der Waals surface area contributed by atoms with E-state index in [0.29, 0.717) is 12.8 Å². The molecule has 3 aliphatic carbocycles. The number of alkyl halides is 6. The first-order valence-electron chi connectivity index (χ1n) is 7.44. The number of hydrogen-bond acceptors (Lipinski definition) is 0. The van der Waals surface area contributed by atoms with Crippen LogP contribution >= 0.6 is 0 Å². The largest absolute Gasteiger partial charge is 0.413 e. The van der Waals surface area contributed by atoms with Gasteiger partial charge in [-0.05, 0) is 30.3 Å². The second-order valence-electron chi connectivity index (χ2n) is 6.26. The van der Waals surface area contributed by atoms with E-state index in [1.54, 1.807) is 0 Å². The van der Waals surface area contributed by atoms with Crippen molar-refractivity contribution in [3.05, 3.63) is 35.5 Å². The minimum absolute atomic E-state index is 0.180. The van der Waals surface area contributed by atoms with E-state index in [2.05, 4.69) is 0 Å². The average Bonchev–Trinajstić information content (AvgIpc) is 2.41. The normalized spacial score (nSPS) is 35.4. The van der Waals surface area contributed by atoms with E-state index < -0.39 is 41.6 Å². The Morgan fingerprint density at radius 2 is 1.59 bits per heavy atom. The Balaban J connectivity index is 2.18. The SMILES string of the molecule is FC(F)(F)C1=C2C=CC=CC2C(C(F)(F)F)C2CCCCC12. The number of rotatable bonds is 0. The molecule has 0 spiro atoms. The molecule has 3 aliphatic rings. The summed E-state index contributed by atoms with van der Waals surface area (Å²) in [7, 11) is 0. The molecule has 0 aromatic carbocycles. The van der Waals surface area contributed by atoms with Crippen molar-refractivity contribution < 1.29 is 26.3 Å². The van der Waals surface area contributed by atoms with Gasteiger partial charge in [-0.25, -0.2) is 0 Å². The minimum atomic E-state index is -4.57. The van der Waals surface area contributed by atoms with Crippen LogP contribution in [0.1, 0.15) is 25.7 Å². The lowest BCUT2D eigenvalue weighted by atomic mass is 9.58. The van der Waals surface area contributed by atoms with Gasteiger partial charge in [0.15, 0.2) is 0 Å². The highest BCUT2D eigenvalue weighted by molar-refractivity contribution is 5.43. The van der Waals surface area contributed by atoms with Crippen molar-refractivity contribution in [1.29, 1.82) is 0 Å². The van der Waals surface area contributed by atoms with E-state index >= 15 is 0 Å². The molecule has 0 saturated heterocycles. The van der Waals surface area contributed by atoms with Gasteiger partial charge >= 0.3 is 12.4 Å². The molecular formula is C16H16F6. The predicted octanol–water partition coefficient (Wildman–Crippen LogP) is 5.59. The van der Waals surface area contributed by atoms with E-state index in [1.165, 1.54) is 24.3 Å². The lowest BCUT2D eigenvalue weighted by Crippen LogP contribution is -2.47. The number of fused-ring (bicyclic) bond motifs is 2. The minimum Gasteiger partial charge on any atom is -0.171 e. The summed E-state index contributed by atoms with van der Waals surface area (Å²) < 4.78 is 81.2. The van der Waals surface area contributed by atoms with Gasteiger partial charge in [0, 0.05) is 11.5 Å². The van der Waals surface area contributed by atoms with E-state index in [4.69, 9.17) is 0 Å². The zero-order valence-electron chi connectivity index (χ0n) is 11.7. The first kappa shape index (κ1) is 15.7. The Hall–Kier alpha value is -1.20. The average molecular weight is 322 g/mol. The van der Waals surface area contributed by atoms with Gasteiger partial charge in [-0.2, -0.15) is 26.3 Å². The Bertz CT molecular complexity index is 534. The van der Waals surface area contributed by atoms with Crippen molar-refractivity contribution in [3.63, 3.8) is 0 Å². The topological polar surface area (TPSA) is 0 Å². The summed E-state index contributed by atoms with van der Waals surface area (Å²) in [5, 5.41) is 0. The van der Waals surface area contributed by atoms with Crippen LogP contribution in [0.15, 0.2) is 35.5 Å². The third-order valence-corrected chi connectivity index (χ3v) is 5.10. The zero-order chi connectivity index (χ0) is 16.1. The lowest BCUT2D eigenvalue weighted by Gasteiger charge is -2.48. The first-order chi connectivity index (χ1) is 10.2. The van der Waals surface area contributed by atoms with Crippen LogP contribution in [-0.2, 0) is 0 Å². The molecule has 0 aromatic heterocycles. The van der Waals surface area contributed by atoms with Gasteiger partial charge in [-0.1, -0.05) is 37.1 Å². The summed E-state index contributed by atoms with van der Waals surface area (Å²) >= 11 is 0. The number of halogens is 6. The summed E-state index contributed by atoms with van der Waals surface area (Å²) in [5.74, 6) is -4.90. The maximum atomic E-state index is 13.5. The van der Waals surface area contributed by atoms with Crippen molar-refractivity contribution in [1.82, 2.24) is 0 Å². The standard InChI is InChI=1S/C16H16F6/c17-15(18,19)13-9-5-1-2-6-10(9)14(16(20,21)22)12-8-4-3-7-11(12)13/h1-2,5-6,9,11-13H,3-4,7-8H2. The van der Waals surface area contributed by atoms with Crippen LogP contribution in [0.5, 0.6) is 0 Å². The van der Waals surface area contributed by atoms with Gasteiger partial charge < -0.3 is 0 Å². The number of hydrogen-bond donors (Lipinski definition) is 0. The fourth-order valence-corrected chi connectivity index (χ4v) is 4.39. The van der Waals surface area contributed by atoms with Crippen molar-refractivity contribution >= 4 is 0 Å². The van der Waals surface area contributed by atoms with E-state index in [0.717, 1.165) is 0 Å². The molecular weight excluding hydrogens is 306 g/mol. The molecule has 0 nitrogen and oxygen atoms in total. The Kier molecular flexibility index (Phi) is 3.68. The molecule has 0 radical (unpaired) electrons. The summed E-state index contributed by atoms with van der Waals surface area (Å²) in [6, 6.07) is 0. The molecule has 3 rings (SSSR count). The van der Waals surface area contributed by atoms with Crippen LogP contribution in [0.25, 0.3) is 0 Å². The maximum Gasteiger partial charge on any atom is 0.413 e. The second-order valence-corrected chi connectivity index (χ2v) is 6.26. The molecule has 0 aromatic rings. The Labute approximate surface area is 124 Å². The van der Waals surface area contributed by atoms with Crippen molar-refractivity contribution in [3.8, 4) is 0 Å². The summed E-state index contributed by atoms with van der Waals surface area (Å²) in [6.45, 7) is 0. The fraction of sp³-hybridized carbons (Fsp3) is 0.625. The van der Waals surface area contributed by atoms with E-state index in [9.17, 15) is 26.3 Å². The van der Waals surface area contributed by atoms with Gasteiger partial charge in [0.1, 0.15) is 0 Å². The second kappa shape index (κ2) is 5.17. The molecule has 1 saturated carbocycles. The molecule has 4 unspecified atom stereocenters. The van der Waals surface area contributed by atoms with Gasteiger partial charge in [-0.15, -0.1) is 0 Å². The summed E-state index contributed by atoms with van der Waals surface area (Å²) in [4.78, 5) is 0. The van der Waals surface area contributed by atoms with Gasteiger partial charge in [0.05, 0.1) is 5.92 Å². The van der Waals surface area contributed by atoms with Crippen LogP contribution in [0, 0.1) is 23.7 Å². The van der Waals surface area contributed by atoms with Crippen LogP contribution < -0.4 is 0 Å². The molecule has 0 bridgehead atoms. The molecule has 6 heteroatoms. The van der Waals surface area contributed by atoms with E-state index in [-0.39, 0.29) is 18.4 Å². The molecule has 4 atom stereocenters. The molecule has 122 valence electrons. The predicted molar refractivity (Wildman–Crippen MR) is 69.8 cm³/mol. The van der Waals surface area contributed by atoms with E-state index in [1.807, 2.05) is 0 Å². The Morgan fingerprint density at radius 3 is 2.23 bits per heavy atom. The van der Waals surface area contributed by atoms with Crippen molar-refractivity contribution in [2.75, 3.05) is 0 Å². The summed E-state index contributed by atoms with van der Waals surface area (Å²) in [6.07, 6.45) is -2.19. The maximum absolute atomic E-state index is 13.5. The third-order valence-electron chi connectivity index (χ3n) is 5.10. The van der Waals surface area contributed by atoms with Crippen molar-refractivity contribution in [2.45, 2.75) is 38.0 Å². The molecule has 1 fully saturated rings. The fourth-order valence-electron chi connectivity index (χ4n) is 4.39. The van der Waals surface area contributed by atoms with Crippen LogP contribution in [0.2, 0.25) is 0 Å². The molecule has 0 N–H and O–H groups in total. The number of allylic oxidation sites excluding steroid dienone is 6. The van der Waals surface area contributed by atoms with Crippen LogP contribution in [0.4, 0.5) is 26.3 Å². The van der Waals surface area contributed by atoms with Crippen LogP contribution in [-0.4, -0.2) is 12.4 Å². The molecule has 0 aliphatic heterocycles. The Morgan fingerprint density at radius 1 is 0.909 bits per heavy atom. The highest BCUT2D eigenvalue weighted by Crippen LogP contribution is 2.58. The monoisotopic (exact) mass is 322 g/mol. The van der Waals surface area contributed by atoms with Gasteiger partial charge in [-0.3, -0.25) is 0 Å². The molecule has 0 amide bonds. The van der Waals surface area contributed by atoms with Crippen molar-refractivity contribution in [2.24, 2.45) is 23.7 Å². The molecule has 22 heavy (non-hydrogen) atoms. The zero-order valence-corrected chi connectivity index (χ0v) is 11.7. The van der Waals surface area contributed by atoms with Crippen LogP contribution in [0.3, 0.4) is 0 Å². The lowest BCUT2D eigenvalue weighted by molar-refractivity contribution is -0.211. The highest BCUT2D eigenvalue weighted by atomic mass is 19.4. The smallest absolute Gasteiger partial charge is 0.171 e. The van der Waals surface area contributed by atoms with Gasteiger partial charge in [0.25, 0.3) is 0 Å². The third kappa shape index (κ3) is 2.50.